The molecule has 5 rings (SSSR count). The van der Waals surface area contributed by atoms with E-state index >= 15 is 0 Å². The van der Waals surface area contributed by atoms with Crippen LogP contribution in [0.15, 0.2) is 42.9 Å². The van der Waals surface area contributed by atoms with Gasteiger partial charge in [-0.3, -0.25) is 29.5 Å². The van der Waals surface area contributed by atoms with Gasteiger partial charge in [0.25, 0.3) is 5.91 Å². The van der Waals surface area contributed by atoms with Crippen LogP contribution in [0.4, 0.5) is 5.69 Å². The van der Waals surface area contributed by atoms with Crippen molar-refractivity contribution in [2.24, 2.45) is 0 Å². The molecular weight excluding hydrogens is 438 g/mol. The van der Waals surface area contributed by atoms with Gasteiger partial charge in [0.1, 0.15) is 18.3 Å². The number of carbonyl (C=O) groups is 4. The monoisotopic (exact) mass is 459 g/mol. The fourth-order valence-electron chi connectivity index (χ4n) is 4.27. The van der Waals surface area contributed by atoms with Crippen LogP contribution in [-0.4, -0.2) is 54.5 Å². The molecule has 0 radical (unpaired) electrons. The Hall–Kier alpha value is -4.41. The number of aromatic nitrogens is 4. The highest BCUT2D eigenvalue weighted by molar-refractivity contribution is 6.06. The van der Waals surface area contributed by atoms with Crippen LogP contribution in [0.1, 0.15) is 34.3 Å². The van der Waals surface area contributed by atoms with Crippen LogP contribution in [0.2, 0.25) is 0 Å². The SMILES string of the molecule is Cc1ccncc1-c1cn(CC(=O)Nc2cccc3c2CN(C2CCC(=O)NC2=O)C3=O)nn1. The van der Waals surface area contributed by atoms with Gasteiger partial charge in [-0.15, -0.1) is 5.10 Å². The molecule has 11 heteroatoms. The largest absolute Gasteiger partial charge is 0.324 e. The Kier molecular flexibility index (Phi) is 5.36. The fourth-order valence-corrected chi connectivity index (χ4v) is 4.27. The minimum absolute atomic E-state index is 0.0687. The van der Waals surface area contributed by atoms with Crippen LogP contribution >= 0.6 is 0 Å². The number of fused-ring (bicyclic) bond motifs is 1. The number of piperidine rings is 1. The summed E-state index contributed by atoms with van der Waals surface area (Å²) in [6.45, 7) is 2.05. The van der Waals surface area contributed by atoms with E-state index in [2.05, 4.69) is 25.9 Å². The normalized spacial score (nSPS) is 17.5. The topological polar surface area (TPSA) is 139 Å². The van der Waals surface area contributed by atoms with E-state index in [0.29, 0.717) is 22.5 Å². The molecule has 1 unspecified atom stereocenters. The fraction of sp³-hybridized carbons (Fsp3) is 0.261. The Balaban J connectivity index is 1.30. The Morgan fingerprint density at radius 3 is 2.85 bits per heavy atom. The number of anilines is 1. The number of rotatable bonds is 5. The molecule has 0 bridgehead atoms. The van der Waals surface area contributed by atoms with Crippen molar-refractivity contribution in [3.05, 3.63) is 59.5 Å². The van der Waals surface area contributed by atoms with Gasteiger partial charge in [0.05, 0.1) is 6.20 Å². The molecule has 0 saturated carbocycles. The average molecular weight is 459 g/mol. The van der Waals surface area contributed by atoms with Gasteiger partial charge < -0.3 is 10.2 Å². The maximum absolute atomic E-state index is 12.9. The Bertz CT molecular complexity index is 1330. The number of nitrogens with one attached hydrogen (secondary N) is 2. The number of amides is 4. The van der Waals surface area contributed by atoms with Crippen molar-refractivity contribution in [2.75, 3.05) is 5.32 Å². The minimum atomic E-state index is -0.717. The predicted molar refractivity (Wildman–Crippen MR) is 119 cm³/mol. The molecule has 2 aliphatic rings. The number of nitrogens with zero attached hydrogens (tertiary/aromatic N) is 5. The summed E-state index contributed by atoms with van der Waals surface area (Å²) in [5, 5.41) is 13.3. The lowest BCUT2D eigenvalue weighted by Crippen LogP contribution is -2.52. The highest BCUT2D eigenvalue weighted by atomic mass is 16.2. The number of hydrogen-bond donors (Lipinski definition) is 2. The smallest absolute Gasteiger partial charge is 0.255 e. The predicted octanol–water partition coefficient (Wildman–Crippen LogP) is 1.05. The third-order valence-corrected chi connectivity index (χ3v) is 6.02. The van der Waals surface area contributed by atoms with Crippen LogP contribution < -0.4 is 10.6 Å². The maximum atomic E-state index is 12.9. The van der Waals surface area contributed by atoms with Gasteiger partial charge in [0, 0.05) is 47.7 Å². The second-order valence-electron chi connectivity index (χ2n) is 8.27. The van der Waals surface area contributed by atoms with Crippen molar-refractivity contribution in [2.45, 2.75) is 38.9 Å². The summed E-state index contributed by atoms with van der Waals surface area (Å²) in [6, 6.07) is 6.21. The first-order chi connectivity index (χ1) is 16.4. The third kappa shape index (κ3) is 3.91. The molecule has 0 spiro atoms. The van der Waals surface area contributed by atoms with Crippen molar-refractivity contribution in [1.82, 2.24) is 30.2 Å². The van der Waals surface area contributed by atoms with E-state index in [9.17, 15) is 19.2 Å². The number of imide groups is 1. The lowest BCUT2D eigenvalue weighted by molar-refractivity contribution is -0.137. The van der Waals surface area contributed by atoms with Gasteiger partial charge in [-0.05, 0) is 37.1 Å². The van der Waals surface area contributed by atoms with Crippen molar-refractivity contribution in [1.29, 1.82) is 0 Å². The van der Waals surface area contributed by atoms with Crippen LogP contribution in [0.5, 0.6) is 0 Å². The molecular formula is C23H21N7O4. The molecule has 1 saturated heterocycles. The first-order valence-corrected chi connectivity index (χ1v) is 10.8. The molecule has 0 aliphatic carbocycles. The zero-order chi connectivity index (χ0) is 23.8. The van der Waals surface area contributed by atoms with Gasteiger partial charge in [-0.1, -0.05) is 11.3 Å². The van der Waals surface area contributed by atoms with Gasteiger partial charge in [-0.2, -0.15) is 0 Å². The number of carbonyl (C=O) groups excluding carboxylic acids is 4. The van der Waals surface area contributed by atoms with E-state index < -0.39 is 11.9 Å². The second-order valence-corrected chi connectivity index (χ2v) is 8.27. The zero-order valence-corrected chi connectivity index (χ0v) is 18.3. The molecule has 34 heavy (non-hydrogen) atoms. The summed E-state index contributed by atoms with van der Waals surface area (Å²) in [4.78, 5) is 55.0. The van der Waals surface area contributed by atoms with E-state index in [1.54, 1.807) is 36.8 Å². The summed E-state index contributed by atoms with van der Waals surface area (Å²) in [5.41, 5.74) is 4.01. The summed E-state index contributed by atoms with van der Waals surface area (Å²) in [5.74, 6) is -1.45. The molecule has 1 atom stereocenters. The number of hydrogen-bond acceptors (Lipinski definition) is 7. The van der Waals surface area contributed by atoms with Gasteiger partial charge in [0.2, 0.25) is 17.7 Å². The Morgan fingerprint density at radius 1 is 1.21 bits per heavy atom. The number of pyridine rings is 1. The maximum Gasteiger partial charge on any atom is 0.255 e. The van der Waals surface area contributed by atoms with E-state index in [4.69, 9.17) is 0 Å². The number of aryl methyl sites for hydroxylation is 1. The summed E-state index contributed by atoms with van der Waals surface area (Å²) in [6.07, 6.45) is 5.52. The molecule has 11 nitrogen and oxygen atoms in total. The molecule has 4 amide bonds. The van der Waals surface area contributed by atoms with Crippen molar-refractivity contribution >= 4 is 29.3 Å². The molecule has 4 heterocycles. The van der Waals surface area contributed by atoms with E-state index in [1.807, 2.05) is 13.0 Å². The highest BCUT2D eigenvalue weighted by Crippen LogP contribution is 2.32. The van der Waals surface area contributed by atoms with Crippen LogP contribution in [0, 0.1) is 6.92 Å². The minimum Gasteiger partial charge on any atom is -0.324 e. The quantitative estimate of drug-likeness (QED) is 0.544. The first-order valence-electron chi connectivity index (χ1n) is 10.8. The summed E-state index contributed by atoms with van der Waals surface area (Å²) < 4.78 is 1.43. The van der Waals surface area contributed by atoms with Crippen molar-refractivity contribution in [3.63, 3.8) is 0 Å². The first kappa shape index (κ1) is 21.4. The Morgan fingerprint density at radius 2 is 2.06 bits per heavy atom. The standard InChI is InChI=1S/C23H21N7O4/c1-13-7-8-24-9-15(13)18-11-29(28-27-18)12-21(32)25-17-4-2-3-14-16(17)10-30(23(14)34)19-5-6-20(31)26-22(19)33/h2-4,7-9,11,19H,5-6,10,12H2,1H3,(H,25,32)(H,26,31,33). The van der Waals surface area contributed by atoms with Gasteiger partial charge >= 0.3 is 0 Å². The highest BCUT2D eigenvalue weighted by Gasteiger charge is 2.39. The third-order valence-electron chi connectivity index (χ3n) is 6.02. The lowest BCUT2D eigenvalue weighted by atomic mass is 10.0. The number of benzene rings is 1. The lowest BCUT2D eigenvalue weighted by Gasteiger charge is -2.29. The summed E-state index contributed by atoms with van der Waals surface area (Å²) >= 11 is 0. The van der Waals surface area contributed by atoms with E-state index in [-0.39, 0.29) is 43.7 Å². The molecule has 3 aromatic rings. The summed E-state index contributed by atoms with van der Waals surface area (Å²) in [7, 11) is 0. The van der Waals surface area contributed by atoms with E-state index in [0.717, 1.165) is 11.1 Å². The van der Waals surface area contributed by atoms with Crippen molar-refractivity contribution in [3.8, 4) is 11.3 Å². The van der Waals surface area contributed by atoms with Crippen LogP contribution in [-0.2, 0) is 27.5 Å². The van der Waals surface area contributed by atoms with Crippen LogP contribution in [0.25, 0.3) is 11.3 Å². The molecule has 2 aromatic heterocycles. The Labute approximate surface area is 194 Å². The second kappa shape index (κ2) is 8.50. The molecule has 2 N–H and O–H groups in total. The average Bonchev–Trinajstić information content (AvgIpc) is 3.39. The molecule has 2 aliphatic heterocycles. The van der Waals surface area contributed by atoms with Crippen LogP contribution in [0.3, 0.4) is 0 Å². The molecule has 1 aromatic carbocycles. The van der Waals surface area contributed by atoms with Gasteiger partial charge in [0.15, 0.2) is 0 Å². The van der Waals surface area contributed by atoms with Crippen molar-refractivity contribution < 1.29 is 19.2 Å². The zero-order valence-electron chi connectivity index (χ0n) is 18.3. The van der Waals surface area contributed by atoms with Gasteiger partial charge in [-0.25, -0.2) is 4.68 Å². The van der Waals surface area contributed by atoms with E-state index in [1.165, 1.54) is 9.58 Å². The molecule has 172 valence electrons. The molecule has 1 fully saturated rings.